The fourth-order valence-electron chi connectivity index (χ4n) is 4.63. The number of rotatable bonds is 7. The third kappa shape index (κ3) is 4.39. The van der Waals surface area contributed by atoms with Gasteiger partial charge in [-0.25, -0.2) is 4.98 Å². The van der Waals surface area contributed by atoms with Crippen molar-refractivity contribution in [2.45, 2.75) is 24.4 Å². The maximum Gasteiger partial charge on any atom is 0.296 e. The van der Waals surface area contributed by atoms with Gasteiger partial charge in [0, 0.05) is 5.56 Å². The van der Waals surface area contributed by atoms with Crippen LogP contribution in [0.15, 0.2) is 60.7 Å². The Morgan fingerprint density at radius 2 is 1.60 bits per heavy atom. The van der Waals surface area contributed by atoms with Crippen molar-refractivity contribution < 1.29 is 24.1 Å². The van der Waals surface area contributed by atoms with Crippen molar-refractivity contribution in [3.05, 3.63) is 65.7 Å². The van der Waals surface area contributed by atoms with E-state index >= 15 is 0 Å². The molecule has 2 aliphatic heterocycles. The summed E-state index contributed by atoms with van der Waals surface area (Å²) < 4.78 is 23.4. The third-order valence-electron chi connectivity index (χ3n) is 6.32. The number of halogens is 1. The summed E-state index contributed by atoms with van der Waals surface area (Å²) in [5.74, 6) is 0. The van der Waals surface area contributed by atoms with E-state index in [1.165, 1.54) is 0 Å². The predicted molar refractivity (Wildman–Crippen MR) is 130 cm³/mol. The molecule has 6 rings (SSSR count). The van der Waals surface area contributed by atoms with Crippen LogP contribution in [0.4, 0.5) is 0 Å². The van der Waals surface area contributed by atoms with Crippen LogP contribution in [0.5, 0.6) is 6.01 Å². The van der Waals surface area contributed by atoms with Crippen molar-refractivity contribution in [2.24, 2.45) is 0 Å². The molecule has 180 valence electrons. The predicted octanol–water partition coefficient (Wildman–Crippen LogP) is 3.87. The first-order valence-electron chi connectivity index (χ1n) is 11.5. The first kappa shape index (κ1) is 22.5. The lowest BCUT2D eigenvalue weighted by Crippen LogP contribution is -2.36. The van der Waals surface area contributed by atoms with E-state index < -0.39 is 0 Å². The molecular formula is C26H24ClN3O5. The van der Waals surface area contributed by atoms with Crippen LogP contribution in [0.1, 0.15) is 0 Å². The van der Waals surface area contributed by atoms with Crippen LogP contribution in [0, 0.1) is 0 Å². The Morgan fingerprint density at radius 1 is 0.914 bits per heavy atom. The van der Waals surface area contributed by atoms with Crippen LogP contribution in [-0.2, 0) is 14.2 Å². The molecule has 0 unspecified atom stereocenters. The highest BCUT2D eigenvalue weighted by molar-refractivity contribution is 6.33. The number of aromatic nitrogens is 3. The van der Waals surface area contributed by atoms with Crippen molar-refractivity contribution in [3.63, 3.8) is 0 Å². The summed E-state index contributed by atoms with van der Waals surface area (Å²) in [5.41, 5.74) is 5.03. The van der Waals surface area contributed by atoms with Gasteiger partial charge in [0.2, 0.25) is 0 Å². The standard InChI is InChI=1S/C26H24ClN3O5/c27-18-12-19-25(29-22(18)17-8-6-16(7-9-17)15-4-2-1-3-5-15)30-26(28-19)35-21-14-34-23-20(32-11-10-31)13-33-24(21)23/h1-9,12,20-21,23-24,31H,10-11,13-14H2,(H,28,29,30)/t20-,21-,23-,24-/m1/s1. The van der Waals surface area contributed by atoms with Crippen LogP contribution in [-0.4, -0.2) is 70.9 Å². The summed E-state index contributed by atoms with van der Waals surface area (Å²) in [7, 11) is 0. The van der Waals surface area contributed by atoms with Crippen LogP contribution in [0.2, 0.25) is 5.02 Å². The van der Waals surface area contributed by atoms with Gasteiger partial charge in [-0.2, -0.15) is 4.98 Å². The zero-order valence-corrected chi connectivity index (χ0v) is 19.5. The molecule has 2 N–H and O–H groups in total. The molecule has 9 heteroatoms. The van der Waals surface area contributed by atoms with E-state index in [1.807, 2.05) is 36.4 Å². The average molecular weight is 494 g/mol. The fraction of sp³-hybridized carbons (Fsp3) is 0.308. The molecule has 35 heavy (non-hydrogen) atoms. The van der Waals surface area contributed by atoms with E-state index in [-0.39, 0.29) is 37.6 Å². The molecule has 2 fully saturated rings. The zero-order valence-electron chi connectivity index (χ0n) is 18.8. The summed E-state index contributed by atoms with van der Waals surface area (Å²) >= 11 is 6.58. The van der Waals surface area contributed by atoms with Crippen LogP contribution in [0.25, 0.3) is 33.5 Å². The van der Waals surface area contributed by atoms with E-state index in [0.29, 0.717) is 41.1 Å². The van der Waals surface area contributed by atoms with E-state index in [1.54, 1.807) is 0 Å². The van der Waals surface area contributed by atoms with E-state index in [0.717, 1.165) is 16.7 Å². The Hall–Kier alpha value is -3.01. The number of fused-ring (bicyclic) bond motifs is 2. The molecule has 2 saturated heterocycles. The Labute approximate surface area is 206 Å². The number of nitrogens with one attached hydrogen (secondary N) is 1. The second kappa shape index (κ2) is 9.56. The first-order chi connectivity index (χ1) is 17.2. The molecule has 2 aliphatic rings. The van der Waals surface area contributed by atoms with Crippen molar-refractivity contribution in [1.82, 2.24) is 15.0 Å². The van der Waals surface area contributed by atoms with Gasteiger partial charge in [0.15, 0.2) is 11.8 Å². The second-order valence-electron chi connectivity index (χ2n) is 8.56. The minimum atomic E-state index is -0.330. The normalized spacial score (nSPS) is 23.6. The highest BCUT2D eigenvalue weighted by atomic mass is 35.5. The number of hydrogen-bond donors (Lipinski definition) is 2. The molecule has 0 bridgehead atoms. The Balaban J connectivity index is 1.20. The van der Waals surface area contributed by atoms with Gasteiger partial charge in [-0.15, -0.1) is 0 Å². The number of ether oxygens (including phenoxy) is 4. The molecule has 0 amide bonds. The lowest BCUT2D eigenvalue weighted by molar-refractivity contribution is -0.0444. The van der Waals surface area contributed by atoms with Gasteiger partial charge in [-0.05, 0) is 17.2 Å². The minimum Gasteiger partial charge on any atom is -0.456 e. The number of hydrogen-bond acceptors (Lipinski definition) is 7. The Morgan fingerprint density at radius 3 is 2.37 bits per heavy atom. The van der Waals surface area contributed by atoms with Crippen LogP contribution in [0.3, 0.4) is 0 Å². The van der Waals surface area contributed by atoms with Gasteiger partial charge in [0.25, 0.3) is 6.01 Å². The summed E-state index contributed by atoms with van der Waals surface area (Å²) in [4.78, 5) is 12.4. The molecule has 2 aromatic carbocycles. The second-order valence-corrected chi connectivity index (χ2v) is 8.97. The first-order valence-corrected chi connectivity index (χ1v) is 11.9. The SMILES string of the molecule is OCCO[C@@H]1CO[C@H]2[C@@H]1OC[C@H]2Oc1nc2nc(-c3ccc(-c4ccccc4)cc3)c(Cl)cc2[nH]1. The molecule has 8 nitrogen and oxygen atoms in total. The summed E-state index contributed by atoms with van der Waals surface area (Å²) in [6.45, 7) is 0.971. The van der Waals surface area contributed by atoms with Crippen molar-refractivity contribution in [1.29, 1.82) is 0 Å². The highest BCUT2D eigenvalue weighted by Crippen LogP contribution is 2.33. The number of aromatic amines is 1. The molecule has 0 saturated carbocycles. The highest BCUT2D eigenvalue weighted by Gasteiger charge is 2.49. The maximum atomic E-state index is 9.00. The van der Waals surface area contributed by atoms with Gasteiger partial charge in [0.05, 0.1) is 42.7 Å². The molecule has 4 aromatic rings. The monoisotopic (exact) mass is 493 g/mol. The number of pyridine rings is 1. The number of aliphatic hydroxyl groups excluding tert-OH is 1. The number of nitrogens with zero attached hydrogens (tertiary/aromatic N) is 2. The number of imidazole rings is 1. The van der Waals surface area contributed by atoms with Gasteiger partial charge in [0.1, 0.15) is 18.3 Å². The number of aliphatic hydroxyl groups is 1. The topological polar surface area (TPSA) is 98.7 Å². The van der Waals surface area contributed by atoms with Gasteiger partial charge in [-0.3, -0.25) is 0 Å². The molecule has 0 radical (unpaired) electrons. The summed E-state index contributed by atoms with van der Waals surface area (Å²) in [6, 6.07) is 20.5. The smallest absolute Gasteiger partial charge is 0.296 e. The molecule has 2 aromatic heterocycles. The quantitative estimate of drug-likeness (QED) is 0.403. The fourth-order valence-corrected chi connectivity index (χ4v) is 4.89. The van der Waals surface area contributed by atoms with Crippen LogP contribution >= 0.6 is 11.6 Å². The van der Waals surface area contributed by atoms with E-state index in [2.05, 4.69) is 34.2 Å². The van der Waals surface area contributed by atoms with Gasteiger partial charge in [-0.1, -0.05) is 66.2 Å². The number of H-pyrrole nitrogens is 1. The van der Waals surface area contributed by atoms with Gasteiger partial charge >= 0.3 is 0 Å². The summed E-state index contributed by atoms with van der Waals surface area (Å²) in [6.07, 6.45) is -1.03. The molecule has 0 spiro atoms. The Kier molecular flexibility index (Phi) is 6.13. The van der Waals surface area contributed by atoms with Crippen molar-refractivity contribution >= 4 is 22.8 Å². The molecular weight excluding hydrogens is 470 g/mol. The van der Waals surface area contributed by atoms with E-state index in [9.17, 15) is 0 Å². The van der Waals surface area contributed by atoms with Crippen molar-refractivity contribution in [2.75, 3.05) is 26.4 Å². The van der Waals surface area contributed by atoms with Crippen LogP contribution < -0.4 is 4.74 Å². The third-order valence-corrected chi connectivity index (χ3v) is 6.61. The summed E-state index contributed by atoms with van der Waals surface area (Å²) in [5, 5.41) is 9.52. The zero-order chi connectivity index (χ0) is 23.8. The minimum absolute atomic E-state index is 0.0402. The Bertz CT molecular complexity index is 1310. The number of benzene rings is 2. The van der Waals surface area contributed by atoms with E-state index in [4.69, 9.17) is 40.6 Å². The largest absolute Gasteiger partial charge is 0.456 e. The average Bonchev–Trinajstić information content (AvgIpc) is 3.59. The lowest BCUT2D eigenvalue weighted by atomic mass is 10.0. The van der Waals surface area contributed by atoms with Gasteiger partial charge < -0.3 is 29.0 Å². The lowest BCUT2D eigenvalue weighted by Gasteiger charge is -2.16. The molecule has 0 aliphatic carbocycles. The maximum absolute atomic E-state index is 9.00. The molecule has 4 heterocycles. The van der Waals surface area contributed by atoms with Crippen molar-refractivity contribution in [3.8, 4) is 28.4 Å². The molecule has 4 atom stereocenters.